The van der Waals surface area contributed by atoms with Crippen molar-refractivity contribution in [3.05, 3.63) is 63.1 Å². The van der Waals surface area contributed by atoms with E-state index in [2.05, 4.69) is 5.32 Å². The number of likely N-dealkylation sites (N-methyl/N-ethyl adjacent to an activating group) is 1. The molecule has 0 saturated heterocycles. The summed E-state index contributed by atoms with van der Waals surface area (Å²) in [5.74, 6) is -0.855. The van der Waals surface area contributed by atoms with E-state index in [1.165, 1.54) is 11.9 Å². The van der Waals surface area contributed by atoms with Crippen molar-refractivity contribution >= 4 is 50.7 Å². The van der Waals surface area contributed by atoms with Crippen molar-refractivity contribution in [2.24, 2.45) is 0 Å². The highest BCUT2D eigenvalue weighted by atomic mass is 35.5. The molecule has 0 radical (unpaired) electrons. The number of amides is 2. The molecule has 10 heteroatoms. The average molecular weight is 514 g/mol. The van der Waals surface area contributed by atoms with E-state index in [1.807, 2.05) is 13.0 Å². The van der Waals surface area contributed by atoms with Gasteiger partial charge in [0.15, 0.2) is 0 Å². The standard InChI is InChI=1S/C23H29Cl2N3O4S/c1-6-20(23(30)26-4)27(13-17-10-11-18(24)19(25)12-17)22(29)14-28(33(5,31)32)21-9-7-8-15(2)16(21)3/h7-12,20H,6,13-14H2,1-5H3,(H,26,30)/t20-/m1/s1. The van der Waals surface area contributed by atoms with Gasteiger partial charge >= 0.3 is 0 Å². The lowest BCUT2D eigenvalue weighted by Gasteiger charge is -2.33. The number of rotatable bonds is 9. The number of anilines is 1. The Kier molecular flexibility index (Phi) is 9.17. The quantitative estimate of drug-likeness (QED) is 0.550. The van der Waals surface area contributed by atoms with Gasteiger partial charge in [-0.1, -0.05) is 48.3 Å². The average Bonchev–Trinajstić information content (AvgIpc) is 2.75. The lowest BCUT2D eigenvalue weighted by molar-refractivity contribution is -0.140. The monoisotopic (exact) mass is 513 g/mol. The first-order valence-corrected chi connectivity index (χ1v) is 13.0. The van der Waals surface area contributed by atoms with Gasteiger partial charge in [-0.05, 0) is 55.2 Å². The van der Waals surface area contributed by atoms with Crippen LogP contribution in [0.4, 0.5) is 5.69 Å². The maximum Gasteiger partial charge on any atom is 0.244 e. The predicted octanol–water partition coefficient (Wildman–Crippen LogP) is 3.93. The molecule has 0 aliphatic carbocycles. The summed E-state index contributed by atoms with van der Waals surface area (Å²) < 4.78 is 26.4. The van der Waals surface area contributed by atoms with E-state index in [0.29, 0.717) is 27.7 Å². The largest absolute Gasteiger partial charge is 0.357 e. The van der Waals surface area contributed by atoms with Gasteiger partial charge in [0.1, 0.15) is 12.6 Å². The molecule has 0 fully saturated rings. The predicted molar refractivity (Wildman–Crippen MR) is 133 cm³/mol. The normalized spacial score (nSPS) is 12.2. The Morgan fingerprint density at radius 3 is 2.30 bits per heavy atom. The number of hydrogen-bond donors (Lipinski definition) is 1. The second-order valence-electron chi connectivity index (χ2n) is 7.80. The number of carbonyl (C=O) groups excluding carboxylic acids is 2. The molecule has 1 atom stereocenters. The molecule has 2 aromatic carbocycles. The van der Waals surface area contributed by atoms with Crippen molar-refractivity contribution in [2.45, 2.75) is 39.8 Å². The van der Waals surface area contributed by atoms with E-state index in [-0.39, 0.29) is 12.5 Å². The summed E-state index contributed by atoms with van der Waals surface area (Å²) in [6, 6.07) is 9.43. The number of nitrogens with one attached hydrogen (secondary N) is 1. The van der Waals surface area contributed by atoms with Gasteiger partial charge in [0.25, 0.3) is 0 Å². The number of sulfonamides is 1. The molecule has 0 aliphatic heterocycles. The fourth-order valence-corrected chi connectivity index (χ4v) is 4.74. The van der Waals surface area contributed by atoms with Crippen LogP contribution in [0.3, 0.4) is 0 Å². The molecule has 2 aromatic rings. The van der Waals surface area contributed by atoms with E-state index < -0.39 is 28.5 Å². The van der Waals surface area contributed by atoms with Gasteiger partial charge in [-0.3, -0.25) is 13.9 Å². The maximum absolute atomic E-state index is 13.5. The Labute approximate surface area is 205 Å². The molecule has 0 aromatic heterocycles. The third-order valence-electron chi connectivity index (χ3n) is 5.49. The van der Waals surface area contributed by atoms with Crippen molar-refractivity contribution in [2.75, 3.05) is 24.2 Å². The molecule has 0 saturated carbocycles. The van der Waals surface area contributed by atoms with Crippen LogP contribution in [-0.4, -0.2) is 51.0 Å². The molecule has 0 heterocycles. The smallest absolute Gasteiger partial charge is 0.244 e. The summed E-state index contributed by atoms with van der Waals surface area (Å²) in [7, 11) is -2.29. The fraction of sp³-hybridized carbons (Fsp3) is 0.391. The highest BCUT2D eigenvalue weighted by Gasteiger charge is 2.31. The SMILES string of the molecule is CC[C@H](C(=O)NC)N(Cc1ccc(Cl)c(Cl)c1)C(=O)CN(c1cccc(C)c1C)S(C)(=O)=O. The number of carbonyl (C=O) groups is 2. The lowest BCUT2D eigenvalue weighted by atomic mass is 10.1. The maximum atomic E-state index is 13.5. The number of benzene rings is 2. The van der Waals surface area contributed by atoms with Crippen molar-refractivity contribution < 1.29 is 18.0 Å². The second kappa shape index (κ2) is 11.2. The third kappa shape index (κ3) is 6.62. The van der Waals surface area contributed by atoms with Gasteiger partial charge in [0.05, 0.1) is 22.0 Å². The number of hydrogen-bond acceptors (Lipinski definition) is 4. The molecule has 1 N–H and O–H groups in total. The van der Waals surface area contributed by atoms with Crippen LogP contribution in [0.25, 0.3) is 0 Å². The van der Waals surface area contributed by atoms with Gasteiger partial charge < -0.3 is 10.2 Å². The first-order chi connectivity index (χ1) is 15.4. The van der Waals surface area contributed by atoms with Crippen LogP contribution < -0.4 is 9.62 Å². The van der Waals surface area contributed by atoms with Crippen molar-refractivity contribution in [1.29, 1.82) is 0 Å². The van der Waals surface area contributed by atoms with Crippen LogP contribution in [-0.2, 0) is 26.2 Å². The molecule has 0 spiro atoms. The van der Waals surface area contributed by atoms with E-state index >= 15 is 0 Å². The molecule has 7 nitrogen and oxygen atoms in total. The number of halogens is 2. The molecule has 0 unspecified atom stereocenters. The zero-order valence-electron chi connectivity index (χ0n) is 19.4. The van der Waals surface area contributed by atoms with E-state index in [0.717, 1.165) is 21.7 Å². The molecular formula is C23H29Cl2N3O4S. The minimum Gasteiger partial charge on any atom is -0.357 e. The van der Waals surface area contributed by atoms with E-state index in [9.17, 15) is 18.0 Å². The van der Waals surface area contributed by atoms with Crippen LogP contribution in [0.15, 0.2) is 36.4 Å². The molecule has 33 heavy (non-hydrogen) atoms. The molecule has 2 rings (SSSR count). The third-order valence-corrected chi connectivity index (χ3v) is 7.36. The second-order valence-corrected chi connectivity index (χ2v) is 10.5. The molecule has 0 bridgehead atoms. The highest BCUT2D eigenvalue weighted by Crippen LogP contribution is 2.27. The van der Waals surface area contributed by atoms with Gasteiger partial charge in [-0.25, -0.2) is 8.42 Å². The highest BCUT2D eigenvalue weighted by molar-refractivity contribution is 7.92. The molecule has 180 valence electrons. The Balaban J connectivity index is 2.49. The first-order valence-electron chi connectivity index (χ1n) is 10.4. The zero-order valence-corrected chi connectivity index (χ0v) is 21.7. The Morgan fingerprint density at radius 2 is 1.76 bits per heavy atom. The van der Waals surface area contributed by atoms with Crippen molar-refractivity contribution in [3.8, 4) is 0 Å². The van der Waals surface area contributed by atoms with Gasteiger partial charge in [0, 0.05) is 13.6 Å². The first kappa shape index (κ1) is 27.0. The molecular weight excluding hydrogens is 485 g/mol. The van der Waals surface area contributed by atoms with Gasteiger partial charge in [0.2, 0.25) is 21.8 Å². The van der Waals surface area contributed by atoms with Crippen molar-refractivity contribution in [1.82, 2.24) is 10.2 Å². The number of aryl methyl sites for hydroxylation is 1. The minimum atomic E-state index is -3.78. The van der Waals surface area contributed by atoms with Gasteiger partial charge in [-0.2, -0.15) is 0 Å². The summed E-state index contributed by atoms with van der Waals surface area (Å²) in [5, 5.41) is 3.27. The van der Waals surface area contributed by atoms with Crippen molar-refractivity contribution in [3.63, 3.8) is 0 Å². The fourth-order valence-electron chi connectivity index (χ4n) is 3.52. The van der Waals surface area contributed by atoms with Crippen LogP contribution in [0.1, 0.15) is 30.0 Å². The summed E-state index contributed by atoms with van der Waals surface area (Å²) in [5.41, 5.74) is 2.74. The van der Waals surface area contributed by atoms with Gasteiger partial charge in [-0.15, -0.1) is 0 Å². The summed E-state index contributed by atoms with van der Waals surface area (Å²) in [4.78, 5) is 27.5. The Bertz CT molecular complexity index is 1140. The van der Waals surface area contributed by atoms with Crippen LogP contribution >= 0.6 is 23.2 Å². The summed E-state index contributed by atoms with van der Waals surface area (Å²) in [6.07, 6.45) is 1.40. The number of nitrogens with zero attached hydrogens (tertiary/aromatic N) is 2. The van der Waals surface area contributed by atoms with Crippen LogP contribution in [0.2, 0.25) is 10.0 Å². The minimum absolute atomic E-state index is 0.0616. The van der Waals surface area contributed by atoms with E-state index in [4.69, 9.17) is 23.2 Å². The van der Waals surface area contributed by atoms with Crippen LogP contribution in [0.5, 0.6) is 0 Å². The molecule has 2 amide bonds. The molecule has 0 aliphatic rings. The summed E-state index contributed by atoms with van der Waals surface area (Å²) in [6.45, 7) is 5.08. The van der Waals surface area contributed by atoms with Crippen LogP contribution in [0, 0.1) is 13.8 Å². The zero-order chi connectivity index (χ0) is 24.9. The lowest BCUT2D eigenvalue weighted by Crippen LogP contribution is -2.51. The summed E-state index contributed by atoms with van der Waals surface area (Å²) >= 11 is 12.1. The Hall–Kier alpha value is -2.29. The Morgan fingerprint density at radius 1 is 1.09 bits per heavy atom. The topological polar surface area (TPSA) is 86.8 Å². The van der Waals surface area contributed by atoms with E-state index in [1.54, 1.807) is 44.2 Å².